The maximum Gasteiger partial charge on any atom is 0.426 e. The molecule has 4 unspecified atom stereocenters. The highest BCUT2D eigenvalue weighted by atomic mass is 19.4. The van der Waals surface area contributed by atoms with E-state index in [9.17, 15) is 76.1 Å². The summed E-state index contributed by atoms with van der Waals surface area (Å²) >= 11 is 0. The van der Waals surface area contributed by atoms with Crippen LogP contribution in [-0.2, 0) is 0 Å². The second-order valence-corrected chi connectivity index (χ2v) is 11.5. The summed E-state index contributed by atoms with van der Waals surface area (Å²) in [5.74, 6) is -3.01. The molecule has 0 bridgehead atoms. The first-order chi connectivity index (χ1) is 18.2. The van der Waals surface area contributed by atoms with Crippen molar-refractivity contribution in [2.75, 3.05) is 0 Å². The standard InChI is InChI=1S/C14H24F6O.C11H15F9O/c1-4-10(3)7-6-8-11(5-2)9-12(21,13(15,16)17)14(18,19)20;1-6(9(12,13)14)4-8(21,11(18,19)20)5-7(2,3)10(15,16)17/h10-11,21H,4-9H2,1-3H3;6,21H,4-5H2,1-3H3. The molecular formula is C25H39F15O2. The highest BCUT2D eigenvalue weighted by Crippen LogP contribution is 2.51. The second kappa shape index (κ2) is 14.8. The molecular weight excluding hydrogens is 617 g/mol. The van der Waals surface area contributed by atoms with Crippen molar-refractivity contribution in [3.8, 4) is 0 Å². The van der Waals surface area contributed by atoms with Gasteiger partial charge >= 0.3 is 30.9 Å². The van der Waals surface area contributed by atoms with E-state index in [1.807, 2.05) is 13.8 Å². The fraction of sp³-hybridized carbons (Fsp3) is 1.00. The van der Waals surface area contributed by atoms with Crippen molar-refractivity contribution in [2.24, 2.45) is 23.2 Å². The van der Waals surface area contributed by atoms with E-state index < -0.39 is 78.6 Å². The largest absolute Gasteiger partial charge is 0.426 e. The van der Waals surface area contributed by atoms with Crippen molar-refractivity contribution in [2.45, 2.75) is 135 Å². The first-order valence-electron chi connectivity index (χ1n) is 13.0. The quantitative estimate of drug-likeness (QED) is 0.205. The Labute approximate surface area is 235 Å². The normalized spacial score (nSPS) is 18.1. The van der Waals surface area contributed by atoms with Crippen LogP contribution in [0.5, 0.6) is 0 Å². The summed E-state index contributed by atoms with van der Waals surface area (Å²) < 4.78 is 189. The van der Waals surface area contributed by atoms with Gasteiger partial charge in [-0.3, -0.25) is 0 Å². The number of rotatable bonds is 12. The fourth-order valence-corrected chi connectivity index (χ4v) is 3.96. The van der Waals surface area contributed by atoms with Crippen LogP contribution in [0.15, 0.2) is 0 Å². The number of aliphatic hydroxyl groups is 2. The third kappa shape index (κ3) is 12.5. The summed E-state index contributed by atoms with van der Waals surface area (Å²) in [5, 5.41) is 18.6. The average molecular weight is 657 g/mol. The molecule has 0 aromatic rings. The summed E-state index contributed by atoms with van der Waals surface area (Å²) in [6, 6.07) is 0. The van der Waals surface area contributed by atoms with Crippen molar-refractivity contribution in [1.29, 1.82) is 0 Å². The Morgan fingerprint density at radius 2 is 1.00 bits per heavy atom. The SMILES string of the molecule is CC(CC(O)(CC(C)(C)C(F)(F)F)C(F)(F)F)C(F)(F)F.CCC(C)CCCC(CC)CC(O)(C(F)(F)F)C(F)(F)F. The van der Waals surface area contributed by atoms with Crippen LogP contribution < -0.4 is 0 Å². The second-order valence-electron chi connectivity index (χ2n) is 11.5. The van der Waals surface area contributed by atoms with E-state index in [-0.39, 0.29) is 12.8 Å². The summed E-state index contributed by atoms with van der Waals surface area (Å²) in [4.78, 5) is 0. The molecule has 0 spiro atoms. The van der Waals surface area contributed by atoms with Gasteiger partial charge in [-0.1, -0.05) is 73.6 Å². The Morgan fingerprint density at radius 1 is 0.571 bits per heavy atom. The molecule has 0 radical (unpaired) electrons. The smallest absolute Gasteiger partial charge is 0.380 e. The molecule has 0 saturated heterocycles. The molecule has 0 rings (SSSR count). The van der Waals surface area contributed by atoms with Gasteiger partial charge in [-0.2, -0.15) is 65.9 Å². The van der Waals surface area contributed by atoms with Crippen molar-refractivity contribution < 1.29 is 76.1 Å². The maximum atomic E-state index is 12.8. The van der Waals surface area contributed by atoms with Gasteiger partial charge in [0.05, 0.1) is 11.3 Å². The van der Waals surface area contributed by atoms with Crippen LogP contribution in [0.25, 0.3) is 0 Å². The Kier molecular flexibility index (Phi) is 15.1. The van der Waals surface area contributed by atoms with Gasteiger partial charge in [-0.25, -0.2) is 0 Å². The molecule has 0 aromatic carbocycles. The molecule has 2 N–H and O–H groups in total. The average Bonchev–Trinajstić information content (AvgIpc) is 2.74. The molecule has 0 heterocycles. The fourth-order valence-electron chi connectivity index (χ4n) is 3.96. The van der Waals surface area contributed by atoms with Crippen molar-refractivity contribution in [3.05, 3.63) is 0 Å². The topological polar surface area (TPSA) is 40.5 Å². The third-order valence-corrected chi connectivity index (χ3v) is 7.34. The zero-order valence-electron chi connectivity index (χ0n) is 24.0. The van der Waals surface area contributed by atoms with Crippen molar-refractivity contribution in [1.82, 2.24) is 0 Å². The van der Waals surface area contributed by atoms with E-state index in [4.69, 9.17) is 0 Å². The maximum absolute atomic E-state index is 12.8. The van der Waals surface area contributed by atoms with Crippen LogP contribution in [0, 0.1) is 23.2 Å². The van der Waals surface area contributed by atoms with Gasteiger partial charge in [-0.15, -0.1) is 0 Å². The van der Waals surface area contributed by atoms with Gasteiger partial charge in [-0.05, 0) is 31.1 Å². The molecule has 17 heteroatoms. The molecule has 0 amide bonds. The van der Waals surface area contributed by atoms with E-state index in [0.717, 1.165) is 12.8 Å². The molecule has 0 saturated carbocycles. The van der Waals surface area contributed by atoms with Crippen LogP contribution >= 0.6 is 0 Å². The van der Waals surface area contributed by atoms with Crippen molar-refractivity contribution in [3.63, 3.8) is 0 Å². The van der Waals surface area contributed by atoms with Crippen LogP contribution in [-0.4, -0.2) is 52.3 Å². The van der Waals surface area contributed by atoms with Gasteiger partial charge in [0.2, 0.25) is 0 Å². The third-order valence-electron chi connectivity index (χ3n) is 7.34. The van der Waals surface area contributed by atoms with E-state index in [0.29, 0.717) is 33.1 Å². The Bertz CT molecular complexity index is 765. The lowest BCUT2D eigenvalue weighted by atomic mass is 9.75. The monoisotopic (exact) mass is 656 g/mol. The van der Waals surface area contributed by atoms with E-state index in [2.05, 4.69) is 0 Å². The highest BCUT2D eigenvalue weighted by Gasteiger charge is 2.70. The predicted octanol–water partition coefficient (Wildman–Crippen LogP) is 10.3. The molecule has 42 heavy (non-hydrogen) atoms. The van der Waals surface area contributed by atoms with E-state index >= 15 is 0 Å². The van der Waals surface area contributed by atoms with E-state index in [1.54, 1.807) is 6.92 Å². The van der Waals surface area contributed by atoms with Gasteiger partial charge in [0.15, 0.2) is 5.60 Å². The number of alkyl halides is 15. The summed E-state index contributed by atoms with van der Waals surface area (Å²) in [5.41, 5.74) is -11.7. The molecule has 256 valence electrons. The van der Waals surface area contributed by atoms with Crippen LogP contribution in [0.1, 0.15) is 92.9 Å². The molecule has 0 aromatic heterocycles. The first kappa shape index (κ1) is 43.0. The molecule has 0 aliphatic carbocycles. The van der Waals surface area contributed by atoms with Gasteiger partial charge in [0.1, 0.15) is 0 Å². The lowest BCUT2D eigenvalue weighted by Gasteiger charge is -2.39. The lowest BCUT2D eigenvalue weighted by molar-refractivity contribution is -0.372. The molecule has 0 fully saturated rings. The van der Waals surface area contributed by atoms with Gasteiger partial charge < -0.3 is 10.2 Å². The number of hydrogen-bond donors (Lipinski definition) is 2. The summed E-state index contributed by atoms with van der Waals surface area (Å²) in [6.45, 7) is 6.67. The zero-order valence-corrected chi connectivity index (χ0v) is 24.0. The molecule has 0 aliphatic heterocycles. The van der Waals surface area contributed by atoms with Crippen LogP contribution in [0.2, 0.25) is 0 Å². The van der Waals surface area contributed by atoms with Gasteiger partial charge in [0, 0.05) is 0 Å². The minimum Gasteiger partial charge on any atom is -0.380 e. The van der Waals surface area contributed by atoms with Crippen molar-refractivity contribution >= 4 is 0 Å². The van der Waals surface area contributed by atoms with Crippen LogP contribution in [0.4, 0.5) is 65.9 Å². The predicted molar refractivity (Wildman–Crippen MR) is 124 cm³/mol. The molecule has 2 nitrogen and oxygen atoms in total. The minimum atomic E-state index is -5.71. The Morgan fingerprint density at radius 3 is 1.29 bits per heavy atom. The van der Waals surface area contributed by atoms with Crippen LogP contribution in [0.3, 0.4) is 0 Å². The molecule has 0 aliphatic rings. The highest BCUT2D eigenvalue weighted by molar-refractivity contribution is 4.96. The summed E-state index contributed by atoms with van der Waals surface area (Å²) in [7, 11) is 0. The summed E-state index contributed by atoms with van der Waals surface area (Å²) in [6.07, 6.45) is -29.6. The number of hydrogen-bond acceptors (Lipinski definition) is 2. The van der Waals surface area contributed by atoms with E-state index in [1.165, 1.54) is 0 Å². The molecule has 4 atom stereocenters. The Balaban J connectivity index is 0. The Hall–Kier alpha value is -1.13. The number of halogens is 15. The lowest BCUT2D eigenvalue weighted by Crippen LogP contribution is -2.57. The first-order valence-corrected chi connectivity index (χ1v) is 13.0. The minimum absolute atomic E-state index is 0.176. The zero-order chi connectivity index (χ0) is 34.4. The van der Waals surface area contributed by atoms with Gasteiger partial charge in [0.25, 0.3) is 5.60 Å².